The quantitative estimate of drug-likeness (QED) is 0.798. The van der Waals surface area contributed by atoms with Gasteiger partial charge in [-0.1, -0.05) is 41.9 Å². The van der Waals surface area contributed by atoms with Gasteiger partial charge in [0.25, 0.3) is 0 Å². The Hall–Kier alpha value is -1.06. The summed E-state index contributed by atoms with van der Waals surface area (Å²) in [6, 6.07) is 10.6. The number of benzene rings is 1. The predicted molar refractivity (Wildman–Crippen MR) is 87.0 cm³/mol. The van der Waals surface area contributed by atoms with E-state index in [0.717, 1.165) is 24.0 Å². The molecule has 0 radical (unpaired) electrons. The third-order valence-electron chi connectivity index (χ3n) is 3.33. The molecule has 1 aromatic heterocycles. The topological polar surface area (TPSA) is 25.2 Å². The van der Waals surface area contributed by atoms with Gasteiger partial charge in [-0.05, 0) is 48.2 Å². The molecule has 2 nitrogen and oxygen atoms in total. The van der Waals surface area contributed by atoms with Crippen LogP contribution < -0.4 is 5.32 Å². The molecule has 0 bridgehead atoms. The number of rotatable bonds is 7. The second-order valence-corrected chi connectivity index (χ2v) is 6.56. The van der Waals surface area contributed by atoms with Crippen LogP contribution >= 0.6 is 15.9 Å². The monoisotopic (exact) mass is 335 g/mol. The van der Waals surface area contributed by atoms with Crippen molar-refractivity contribution in [2.75, 3.05) is 13.1 Å². The fourth-order valence-electron chi connectivity index (χ4n) is 2.31. The Morgan fingerprint density at radius 2 is 2.05 bits per heavy atom. The number of hydrogen-bond acceptors (Lipinski definition) is 2. The van der Waals surface area contributed by atoms with Crippen LogP contribution in [0.15, 0.2) is 51.7 Å². The van der Waals surface area contributed by atoms with Crippen LogP contribution in [0.5, 0.6) is 0 Å². The molecule has 0 aliphatic heterocycles. The molecule has 1 heterocycles. The summed E-state index contributed by atoms with van der Waals surface area (Å²) in [4.78, 5) is 0. The molecule has 2 rings (SSSR count). The molecule has 1 aromatic carbocycles. The van der Waals surface area contributed by atoms with Gasteiger partial charge >= 0.3 is 0 Å². The molecule has 0 fully saturated rings. The minimum Gasteiger partial charge on any atom is -0.472 e. The molecule has 0 aliphatic carbocycles. The minimum absolute atomic E-state index is 0.462. The lowest BCUT2D eigenvalue weighted by atomic mass is 9.93. The van der Waals surface area contributed by atoms with Gasteiger partial charge in [0, 0.05) is 16.9 Å². The zero-order valence-corrected chi connectivity index (χ0v) is 13.7. The molecule has 20 heavy (non-hydrogen) atoms. The van der Waals surface area contributed by atoms with Gasteiger partial charge in [0.15, 0.2) is 0 Å². The maximum absolute atomic E-state index is 5.19. The van der Waals surface area contributed by atoms with Crippen molar-refractivity contribution in [1.82, 2.24) is 5.32 Å². The lowest BCUT2D eigenvalue weighted by molar-refractivity contribution is 0.511. The second-order valence-electron chi connectivity index (χ2n) is 5.64. The van der Waals surface area contributed by atoms with E-state index >= 15 is 0 Å². The van der Waals surface area contributed by atoms with Crippen molar-refractivity contribution < 1.29 is 4.42 Å². The van der Waals surface area contributed by atoms with Crippen LogP contribution in [-0.4, -0.2) is 13.1 Å². The first-order valence-electron chi connectivity index (χ1n) is 7.12. The largest absolute Gasteiger partial charge is 0.472 e. The maximum atomic E-state index is 5.19. The molecule has 3 heteroatoms. The fourth-order valence-corrected chi connectivity index (χ4v) is 2.72. The molecule has 0 amide bonds. The van der Waals surface area contributed by atoms with Crippen LogP contribution in [0.2, 0.25) is 0 Å². The van der Waals surface area contributed by atoms with E-state index in [9.17, 15) is 0 Å². The molecule has 1 atom stereocenters. The van der Waals surface area contributed by atoms with Gasteiger partial charge in [-0.15, -0.1) is 0 Å². The molecule has 0 saturated carbocycles. The van der Waals surface area contributed by atoms with E-state index in [1.807, 2.05) is 12.3 Å². The normalized spacial score (nSPS) is 12.8. The van der Waals surface area contributed by atoms with E-state index < -0.39 is 0 Å². The molecule has 0 aliphatic rings. The second kappa shape index (κ2) is 7.65. The summed E-state index contributed by atoms with van der Waals surface area (Å²) >= 11 is 3.56. The molecule has 108 valence electrons. The number of nitrogens with one attached hydrogen (secondary N) is 1. The van der Waals surface area contributed by atoms with Crippen LogP contribution in [0.25, 0.3) is 0 Å². The van der Waals surface area contributed by atoms with Crippen molar-refractivity contribution in [3.8, 4) is 0 Å². The summed E-state index contributed by atoms with van der Waals surface area (Å²) in [6.07, 6.45) is 4.58. The first-order valence-corrected chi connectivity index (χ1v) is 7.91. The summed E-state index contributed by atoms with van der Waals surface area (Å²) in [7, 11) is 0. The van der Waals surface area contributed by atoms with Crippen molar-refractivity contribution in [3.63, 3.8) is 0 Å². The van der Waals surface area contributed by atoms with Crippen molar-refractivity contribution >= 4 is 15.9 Å². The summed E-state index contributed by atoms with van der Waals surface area (Å²) in [5, 5.41) is 3.57. The van der Waals surface area contributed by atoms with Gasteiger partial charge in [0.2, 0.25) is 0 Å². The molecule has 0 saturated heterocycles. The summed E-state index contributed by atoms with van der Waals surface area (Å²) < 4.78 is 6.32. The van der Waals surface area contributed by atoms with Gasteiger partial charge in [-0.2, -0.15) is 0 Å². The summed E-state index contributed by atoms with van der Waals surface area (Å²) in [5.74, 6) is 1.14. The summed E-state index contributed by atoms with van der Waals surface area (Å²) in [5.41, 5.74) is 2.61. The fraction of sp³-hybridized carbons (Fsp3) is 0.412. The van der Waals surface area contributed by atoms with Crippen molar-refractivity contribution in [2.24, 2.45) is 5.92 Å². The molecule has 1 N–H and O–H groups in total. The van der Waals surface area contributed by atoms with Crippen molar-refractivity contribution in [1.29, 1.82) is 0 Å². The van der Waals surface area contributed by atoms with E-state index in [2.05, 4.69) is 59.4 Å². The van der Waals surface area contributed by atoms with Gasteiger partial charge in [-0.3, -0.25) is 0 Å². The Balaban J connectivity index is 2.06. The van der Waals surface area contributed by atoms with Crippen LogP contribution in [0.1, 0.15) is 30.9 Å². The lowest BCUT2D eigenvalue weighted by Gasteiger charge is -2.19. The molecular weight excluding hydrogens is 314 g/mol. The average molecular weight is 336 g/mol. The van der Waals surface area contributed by atoms with Gasteiger partial charge in [0.1, 0.15) is 0 Å². The van der Waals surface area contributed by atoms with Gasteiger partial charge < -0.3 is 9.73 Å². The minimum atomic E-state index is 0.462. The Kier molecular flexibility index (Phi) is 5.86. The van der Waals surface area contributed by atoms with E-state index in [4.69, 9.17) is 4.42 Å². The number of hydrogen-bond donors (Lipinski definition) is 1. The van der Waals surface area contributed by atoms with Crippen molar-refractivity contribution in [3.05, 3.63) is 58.5 Å². The highest BCUT2D eigenvalue weighted by molar-refractivity contribution is 9.10. The zero-order chi connectivity index (χ0) is 14.4. The molecular formula is C17H22BrNO. The zero-order valence-electron chi connectivity index (χ0n) is 12.1. The van der Waals surface area contributed by atoms with Crippen molar-refractivity contribution in [2.45, 2.75) is 26.2 Å². The Bertz CT molecular complexity index is 507. The molecule has 1 unspecified atom stereocenters. The highest BCUT2D eigenvalue weighted by Crippen LogP contribution is 2.23. The number of halogens is 1. The van der Waals surface area contributed by atoms with E-state index in [1.54, 1.807) is 6.26 Å². The van der Waals surface area contributed by atoms with Crippen LogP contribution in [0.3, 0.4) is 0 Å². The highest BCUT2D eigenvalue weighted by Gasteiger charge is 2.13. The lowest BCUT2D eigenvalue weighted by Crippen LogP contribution is -2.26. The Labute approximate surface area is 129 Å². The Morgan fingerprint density at radius 3 is 2.70 bits per heavy atom. The van der Waals surface area contributed by atoms with Gasteiger partial charge in [0.05, 0.1) is 12.5 Å². The van der Waals surface area contributed by atoms with E-state index in [0.29, 0.717) is 11.8 Å². The Morgan fingerprint density at radius 1 is 1.20 bits per heavy atom. The standard InChI is InChI=1S/C17H22BrNO/c1-13(2)10-19-11-16(8-14-6-7-20-12-14)15-4-3-5-17(18)9-15/h3-7,9,12-13,16,19H,8,10-11H2,1-2H3. The molecule has 0 spiro atoms. The van der Waals surface area contributed by atoms with Crippen LogP contribution in [0.4, 0.5) is 0 Å². The third-order valence-corrected chi connectivity index (χ3v) is 3.82. The SMILES string of the molecule is CC(C)CNCC(Cc1ccoc1)c1cccc(Br)c1. The number of furan rings is 1. The summed E-state index contributed by atoms with van der Waals surface area (Å²) in [6.45, 7) is 6.50. The smallest absolute Gasteiger partial charge is 0.0934 e. The van der Waals surface area contributed by atoms with E-state index in [1.165, 1.54) is 11.1 Å². The van der Waals surface area contributed by atoms with Gasteiger partial charge in [-0.25, -0.2) is 0 Å². The van der Waals surface area contributed by atoms with Crippen LogP contribution in [0, 0.1) is 5.92 Å². The highest BCUT2D eigenvalue weighted by atomic mass is 79.9. The van der Waals surface area contributed by atoms with E-state index in [-0.39, 0.29) is 0 Å². The average Bonchev–Trinajstić information content (AvgIpc) is 2.90. The first-order chi connectivity index (χ1) is 9.65. The third kappa shape index (κ3) is 4.80. The predicted octanol–water partition coefficient (Wildman–Crippen LogP) is 4.61. The van der Waals surface area contributed by atoms with Crippen LogP contribution in [-0.2, 0) is 6.42 Å². The maximum Gasteiger partial charge on any atom is 0.0934 e. The first kappa shape index (κ1) is 15.3. The molecule has 2 aromatic rings.